The van der Waals surface area contributed by atoms with Gasteiger partial charge in [0.2, 0.25) is 0 Å². The molecule has 2 heterocycles. The van der Waals surface area contributed by atoms with Crippen LogP contribution in [0.1, 0.15) is 39.3 Å². The first kappa shape index (κ1) is 21.9. The predicted octanol–water partition coefficient (Wildman–Crippen LogP) is 3.96. The summed E-state index contributed by atoms with van der Waals surface area (Å²) in [4.78, 5) is 24.6. The van der Waals surface area contributed by atoms with Gasteiger partial charge in [0.05, 0.1) is 24.8 Å². The number of ether oxygens (including phenoxy) is 1. The highest BCUT2D eigenvalue weighted by Gasteiger charge is 2.21. The van der Waals surface area contributed by atoms with Crippen LogP contribution in [0.25, 0.3) is 0 Å². The molecule has 0 aliphatic carbocycles. The summed E-state index contributed by atoms with van der Waals surface area (Å²) >= 11 is 0. The number of aryl methyl sites for hydroxylation is 2. The second-order valence-corrected chi connectivity index (χ2v) is 7.52. The number of benzene rings is 1. The molecule has 3 rings (SSSR count). The van der Waals surface area contributed by atoms with Crippen molar-refractivity contribution < 1.29 is 18.7 Å². The molecule has 1 N–H and O–H groups in total. The second kappa shape index (κ2) is 9.35. The van der Waals surface area contributed by atoms with E-state index in [0.29, 0.717) is 23.7 Å². The SMILES string of the molecule is Cc1ccc(CC(=O)OCC(=O)Nc2c(C#N)c(C)c(C)n2Cc2ccco2)cc1C. The molecule has 2 aromatic heterocycles. The zero-order valence-electron chi connectivity index (χ0n) is 18.1. The summed E-state index contributed by atoms with van der Waals surface area (Å²) in [5.74, 6) is 0.0578. The van der Waals surface area contributed by atoms with E-state index < -0.39 is 18.5 Å². The first-order valence-electron chi connectivity index (χ1n) is 9.94. The minimum absolute atomic E-state index is 0.0882. The van der Waals surface area contributed by atoms with Gasteiger partial charge in [-0.2, -0.15) is 5.26 Å². The van der Waals surface area contributed by atoms with Crippen LogP contribution in [-0.4, -0.2) is 23.1 Å². The number of carbonyl (C=O) groups is 2. The van der Waals surface area contributed by atoms with Gasteiger partial charge in [-0.15, -0.1) is 0 Å². The van der Waals surface area contributed by atoms with E-state index in [4.69, 9.17) is 9.15 Å². The summed E-state index contributed by atoms with van der Waals surface area (Å²) in [7, 11) is 0. The first-order chi connectivity index (χ1) is 14.8. The highest BCUT2D eigenvalue weighted by Crippen LogP contribution is 2.27. The number of hydrogen-bond donors (Lipinski definition) is 1. The average Bonchev–Trinajstić information content (AvgIpc) is 3.32. The van der Waals surface area contributed by atoms with Crippen LogP contribution in [-0.2, 0) is 27.3 Å². The van der Waals surface area contributed by atoms with Gasteiger partial charge in [0.1, 0.15) is 17.6 Å². The second-order valence-electron chi connectivity index (χ2n) is 7.52. The Morgan fingerprint density at radius 2 is 1.94 bits per heavy atom. The molecule has 0 saturated heterocycles. The molecule has 3 aromatic rings. The van der Waals surface area contributed by atoms with Gasteiger partial charge in [0, 0.05) is 5.69 Å². The third-order valence-corrected chi connectivity index (χ3v) is 5.38. The van der Waals surface area contributed by atoms with Gasteiger partial charge in [-0.25, -0.2) is 0 Å². The number of furan rings is 1. The van der Waals surface area contributed by atoms with E-state index in [9.17, 15) is 14.9 Å². The van der Waals surface area contributed by atoms with Crippen LogP contribution in [0.2, 0.25) is 0 Å². The molecule has 0 radical (unpaired) electrons. The Hall–Kier alpha value is -3.79. The predicted molar refractivity (Wildman–Crippen MR) is 116 cm³/mol. The van der Waals surface area contributed by atoms with Crippen LogP contribution < -0.4 is 5.32 Å². The summed E-state index contributed by atoms with van der Waals surface area (Å²) in [5.41, 5.74) is 5.06. The van der Waals surface area contributed by atoms with E-state index in [1.165, 1.54) is 0 Å². The lowest BCUT2D eigenvalue weighted by Crippen LogP contribution is -2.23. The van der Waals surface area contributed by atoms with E-state index in [2.05, 4.69) is 11.4 Å². The molecule has 0 saturated carbocycles. The van der Waals surface area contributed by atoms with Crippen molar-refractivity contribution in [2.75, 3.05) is 11.9 Å². The smallest absolute Gasteiger partial charge is 0.310 e. The van der Waals surface area contributed by atoms with Crippen molar-refractivity contribution in [2.45, 2.75) is 40.7 Å². The molecular formula is C24H25N3O4. The number of nitriles is 1. The fourth-order valence-electron chi connectivity index (χ4n) is 3.33. The monoisotopic (exact) mass is 419 g/mol. The van der Waals surface area contributed by atoms with Crippen molar-refractivity contribution in [1.82, 2.24) is 4.57 Å². The van der Waals surface area contributed by atoms with Crippen LogP contribution in [0.3, 0.4) is 0 Å². The van der Waals surface area contributed by atoms with Crippen LogP contribution >= 0.6 is 0 Å². The summed E-state index contributed by atoms with van der Waals surface area (Å²) in [5, 5.41) is 12.3. The highest BCUT2D eigenvalue weighted by atomic mass is 16.5. The molecule has 31 heavy (non-hydrogen) atoms. The Morgan fingerprint density at radius 3 is 2.58 bits per heavy atom. The lowest BCUT2D eigenvalue weighted by molar-refractivity contribution is -0.146. The molecule has 1 amide bonds. The maximum atomic E-state index is 12.5. The first-order valence-corrected chi connectivity index (χ1v) is 9.94. The quantitative estimate of drug-likeness (QED) is 0.585. The number of anilines is 1. The molecule has 0 bridgehead atoms. The van der Waals surface area contributed by atoms with Crippen molar-refractivity contribution >= 4 is 17.7 Å². The molecule has 7 heteroatoms. The largest absolute Gasteiger partial charge is 0.467 e. The topological polar surface area (TPSA) is 97.3 Å². The number of rotatable bonds is 7. The Morgan fingerprint density at radius 1 is 1.16 bits per heavy atom. The summed E-state index contributed by atoms with van der Waals surface area (Å²) in [6.45, 7) is 7.61. The normalized spacial score (nSPS) is 10.5. The summed E-state index contributed by atoms with van der Waals surface area (Å²) < 4.78 is 12.4. The Kier molecular flexibility index (Phi) is 6.61. The Labute approximate surface area is 181 Å². The molecule has 0 aliphatic rings. The lowest BCUT2D eigenvalue weighted by atomic mass is 10.0. The highest BCUT2D eigenvalue weighted by molar-refractivity contribution is 5.93. The molecule has 7 nitrogen and oxygen atoms in total. The van der Waals surface area contributed by atoms with E-state index in [1.54, 1.807) is 12.3 Å². The van der Waals surface area contributed by atoms with Crippen LogP contribution in [0.5, 0.6) is 0 Å². The molecular weight excluding hydrogens is 394 g/mol. The molecule has 0 fully saturated rings. The maximum absolute atomic E-state index is 12.5. The number of nitrogens with zero attached hydrogens (tertiary/aromatic N) is 2. The summed E-state index contributed by atoms with van der Waals surface area (Å²) in [6.07, 6.45) is 1.66. The lowest BCUT2D eigenvalue weighted by Gasteiger charge is -2.12. The third kappa shape index (κ3) is 5.04. The minimum atomic E-state index is -0.511. The van der Waals surface area contributed by atoms with Gasteiger partial charge in [-0.1, -0.05) is 18.2 Å². The van der Waals surface area contributed by atoms with Crippen LogP contribution in [0.15, 0.2) is 41.0 Å². The van der Waals surface area contributed by atoms with Crippen molar-refractivity contribution in [1.29, 1.82) is 5.26 Å². The number of amides is 1. The van der Waals surface area contributed by atoms with Gasteiger partial charge < -0.3 is 19.0 Å². The molecule has 0 spiro atoms. The van der Waals surface area contributed by atoms with Crippen LogP contribution in [0.4, 0.5) is 5.82 Å². The summed E-state index contributed by atoms with van der Waals surface area (Å²) in [6, 6.07) is 11.5. The Bertz CT molecular complexity index is 1150. The zero-order valence-corrected chi connectivity index (χ0v) is 18.1. The van der Waals surface area contributed by atoms with E-state index in [0.717, 1.165) is 27.9 Å². The van der Waals surface area contributed by atoms with Gasteiger partial charge in [0.15, 0.2) is 6.61 Å². The van der Waals surface area contributed by atoms with Crippen molar-refractivity contribution in [3.05, 3.63) is 75.9 Å². The Balaban J connectivity index is 1.67. The van der Waals surface area contributed by atoms with E-state index >= 15 is 0 Å². The van der Waals surface area contributed by atoms with Crippen molar-refractivity contribution in [2.24, 2.45) is 0 Å². The van der Waals surface area contributed by atoms with Gasteiger partial charge in [-0.05, 0) is 62.1 Å². The molecule has 160 valence electrons. The van der Waals surface area contributed by atoms with Crippen LogP contribution in [0, 0.1) is 39.0 Å². The molecule has 0 atom stereocenters. The van der Waals surface area contributed by atoms with E-state index in [-0.39, 0.29) is 6.42 Å². The number of carbonyl (C=O) groups excluding carboxylic acids is 2. The fraction of sp³-hybridized carbons (Fsp3) is 0.292. The standard InChI is InChI=1S/C24H25N3O4/c1-15-7-8-19(10-16(15)2)11-23(29)31-14-22(28)26-24-21(12-25)17(3)18(4)27(24)13-20-6-5-9-30-20/h5-10H,11,13-14H2,1-4H3,(H,26,28). The number of nitrogens with one attached hydrogen (secondary N) is 1. The number of esters is 1. The average molecular weight is 419 g/mol. The van der Waals surface area contributed by atoms with Gasteiger partial charge in [-0.3, -0.25) is 9.59 Å². The molecule has 1 aromatic carbocycles. The number of hydrogen-bond acceptors (Lipinski definition) is 5. The fourth-order valence-corrected chi connectivity index (χ4v) is 3.33. The van der Waals surface area contributed by atoms with Gasteiger partial charge in [0.25, 0.3) is 5.91 Å². The molecule has 0 aliphatic heterocycles. The number of aromatic nitrogens is 1. The zero-order chi connectivity index (χ0) is 22.5. The van der Waals surface area contributed by atoms with Gasteiger partial charge >= 0.3 is 5.97 Å². The van der Waals surface area contributed by atoms with Crippen molar-refractivity contribution in [3.63, 3.8) is 0 Å². The minimum Gasteiger partial charge on any atom is -0.467 e. The van der Waals surface area contributed by atoms with Crippen molar-refractivity contribution in [3.8, 4) is 6.07 Å². The maximum Gasteiger partial charge on any atom is 0.310 e. The molecule has 0 unspecified atom stereocenters. The third-order valence-electron chi connectivity index (χ3n) is 5.38. The van der Waals surface area contributed by atoms with E-state index in [1.807, 2.05) is 56.5 Å².